The summed E-state index contributed by atoms with van der Waals surface area (Å²) >= 11 is 0. The molecule has 1 unspecified atom stereocenters. The molecular formula is C22H15F3N2O4. The molecule has 2 N–H and O–H groups in total. The van der Waals surface area contributed by atoms with E-state index in [0.29, 0.717) is 11.3 Å². The van der Waals surface area contributed by atoms with Crippen LogP contribution in [0.1, 0.15) is 21.6 Å². The Kier molecular flexibility index (Phi) is 6.34. The number of ether oxygens (including phenoxy) is 1. The highest BCUT2D eigenvalue weighted by atomic mass is 19.4. The Morgan fingerprint density at radius 2 is 1.77 bits per heavy atom. The molecule has 2 aromatic carbocycles. The fourth-order valence-electron chi connectivity index (χ4n) is 2.74. The Morgan fingerprint density at radius 3 is 2.39 bits per heavy atom. The fraction of sp³-hybridized carbons (Fsp3) is 0.136. The molecule has 158 valence electrons. The van der Waals surface area contributed by atoms with Crippen LogP contribution in [0.2, 0.25) is 0 Å². The smallest absolute Gasteiger partial charge is 0.417 e. The molecule has 0 radical (unpaired) electrons. The van der Waals surface area contributed by atoms with Gasteiger partial charge in [-0.15, -0.1) is 0 Å². The van der Waals surface area contributed by atoms with Crippen LogP contribution in [0.25, 0.3) is 11.3 Å². The monoisotopic (exact) mass is 428 g/mol. The van der Waals surface area contributed by atoms with E-state index in [2.05, 4.69) is 4.98 Å². The van der Waals surface area contributed by atoms with E-state index in [-0.39, 0.29) is 17.2 Å². The number of hydrogen-bond acceptors (Lipinski definition) is 6. The molecule has 0 saturated carbocycles. The maximum atomic E-state index is 13.1. The summed E-state index contributed by atoms with van der Waals surface area (Å²) in [5, 5.41) is 27.2. The summed E-state index contributed by atoms with van der Waals surface area (Å²) in [4.78, 5) is 16.1. The van der Waals surface area contributed by atoms with Gasteiger partial charge in [-0.1, -0.05) is 6.07 Å². The van der Waals surface area contributed by atoms with E-state index in [1.165, 1.54) is 30.3 Å². The third kappa shape index (κ3) is 5.06. The maximum Gasteiger partial charge on any atom is 0.417 e. The van der Waals surface area contributed by atoms with Crippen molar-refractivity contribution in [1.82, 2.24) is 4.98 Å². The van der Waals surface area contributed by atoms with E-state index >= 15 is 0 Å². The van der Waals surface area contributed by atoms with Gasteiger partial charge in [0.2, 0.25) is 5.78 Å². The first-order valence-electron chi connectivity index (χ1n) is 8.92. The van der Waals surface area contributed by atoms with Crippen molar-refractivity contribution in [1.29, 1.82) is 5.26 Å². The van der Waals surface area contributed by atoms with Gasteiger partial charge in [0.15, 0.2) is 0 Å². The van der Waals surface area contributed by atoms with Crippen LogP contribution in [0.3, 0.4) is 0 Å². The van der Waals surface area contributed by atoms with Crippen molar-refractivity contribution in [2.45, 2.75) is 12.3 Å². The van der Waals surface area contributed by atoms with Gasteiger partial charge in [-0.3, -0.25) is 4.79 Å². The Bertz CT molecular complexity index is 1140. The van der Waals surface area contributed by atoms with E-state index in [1.54, 1.807) is 24.3 Å². The molecule has 0 saturated heterocycles. The largest absolute Gasteiger partial charge is 0.457 e. The van der Waals surface area contributed by atoms with Crippen molar-refractivity contribution in [3.05, 3.63) is 77.5 Å². The number of rotatable bonds is 6. The number of carbonyl (C=O) groups is 1. The molecule has 0 bridgehead atoms. The molecule has 6 nitrogen and oxygen atoms in total. The lowest BCUT2D eigenvalue weighted by Gasteiger charge is -2.12. The third-order valence-electron chi connectivity index (χ3n) is 4.28. The number of aromatic nitrogens is 1. The van der Waals surface area contributed by atoms with Crippen molar-refractivity contribution in [2.75, 3.05) is 6.61 Å². The Labute approximate surface area is 174 Å². The number of hydrogen-bond donors (Lipinski definition) is 2. The Morgan fingerprint density at radius 1 is 1.10 bits per heavy atom. The minimum atomic E-state index is -4.69. The molecular weight excluding hydrogens is 413 g/mol. The van der Waals surface area contributed by atoms with Gasteiger partial charge < -0.3 is 14.9 Å². The zero-order chi connectivity index (χ0) is 22.6. The zero-order valence-electron chi connectivity index (χ0n) is 15.8. The Hall–Kier alpha value is -3.74. The summed E-state index contributed by atoms with van der Waals surface area (Å²) in [6.45, 7) is -0.720. The predicted octanol–water partition coefficient (Wildman–Crippen LogP) is 3.97. The quantitative estimate of drug-likeness (QED) is 0.576. The van der Waals surface area contributed by atoms with Crippen LogP contribution in [0.5, 0.6) is 11.5 Å². The second-order valence-corrected chi connectivity index (χ2v) is 6.41. The highest BCUT2D eigenvalue weighted by Crippen LogP contribution is 2.35. The zero-order valence-corrected chi connectivity index (χ0v) is 15.8. The van der Waals surface area contributed by atoms with E-state index in [1.807, 2.05) is 0 Å². The van der Waals surface area contributed by atoms with Crippen LogP contribution in [0.15, 0.2) is 60.7 Å². The fourth-order valence-corrected chi connectivity index (χ4v) is 2.74. The molecule has 1 aromatic heterocycles. The van der Waals surface area contributed by atoms with E-state index < -0.39 is 35.8 Å². The van der Waals surface area contributed by atoms with Crippen molar-refractivity contribution in [2.24, 2.45) is 0 Å². The van der Waals surface area contributed by atoms with Crippen LogP contribution in [0.4, 0.5) is 13.2 Å². The molecule has 0 fully saturated rings. The van der Waals surface area contributed by atoms with Crippen LogP contribution < -0.4 is 4.74 Å². The molecule has 0 amide bonds. The van der Waals surface area contributed by atoms with Gasteiger partial charge in [-0.2, -0.15) is 18.4 Å². The topological polar surface area (TPSA) is 103 Å². The Balaban J connectivity index is 1.82. The predicted molar refractivity (Wildman–Crippen MR) is 103 cm³/mol. The average Bonchev–Trinajstić information content (AvgIpc) is 2.78. The summed E-state index contributed by atoms with van der Waals surface area (Å²) < 4.78 is 44.7. The number of nitriles is 1. The van der Waals surface area contributed by atoms with Crippen LogP contribution in [-0.2, 0) is 6.18 Å². The van der Waals surface area contributed by atoms with Gasteiger partial charge in [-0.25, -0.2) is 4.98 Å². The lowest BCUT2D eigenvalue weighted by atomic mass is 10.1. The summed E-state index contributed by atoms with van der Waals surface area (Å²) in [6.07, 6.45) is -6.25. The highest BCUT2D eigenvalue weighted by Gasteiger charge is 2.34. The van der Waals surface area contributed by atoms with Gasteiger partial charge >= 0.3 is 6.18 Å². The minimum absolute atomic E-state index is 0.0170. The number of carbonyl (C=O) groups excluding carboxylic acids is 1. The van der Waals surface area contributed by atoms with Crippen molar-refractivity contribution >= 4 is 5.78 Å². The number of benzene rings is 2. The normalized spacial score (nSPS) is 12.1. The second-order valence-electron chi connectivity index (χ2n) is 6.41. The van der Waals surface area contributed by atoms with Crippen molar-refractivity contribution in [3.63, 3.8) is 0 Å². The molecule has 3 rings (SSSR count). The number of alkyl halides is 3. The maximum absolute atomic E-state index is 13.1. The van der Waals surface area contributed by atoms with Gasteiger partial charge in [0.05, 0.1) is 29.5 Å². The second kappa shape index (κ2) is 8.95. The summed E-state index contributed by atoms with van der Waals surface area (Å²) in [7, 11) is 0. The summed E-state index contributed by atoms with van der Waals surface area (Å²) in [5.41, 5.74) is -0.588. The molecule has 0 aliphatic rings. The molecule has 0 aliphatic carbocycles. The van der Waals surface area contributed by atoms with Crippen molar-refractivity contribution < 1.29 is 32.9 Å². The lowest BCUT2D eigenvalue weighted by Crippen LogP contribution is -2.25. The van der Waals surface area contributed by atoms with Gasteiger partial charge in [0.1, 0.15) is 23.3 Å². The first kappa shape index (κ1) is 22.0. The highest BCUT2D eigenvalue weighted by molar-refractivity contribution is 5.98. The number of pyridine rings is 1. The molecule has 3 aromatic rings. The molecule has 1 atom stereocenters. The molecule has 9 heteroatoms. The van der Waals surface area contributed by atoms with E-state index in [9.17, 15) is 23.1 Å². The lowest BCUT2D eigenvalue weighted by molar-refractivity contribution is -0.137. The van der Waals surface area contributed by atoms with E-state index in [0.717, 1.165) is 12.1 Å². The number of aliphatic hydroxyl groups excluding tert-OH is 2. The SMILES string of the molecule is N#Cc1ccc(Oc2ccc(-c3cccc(C(=O)C(O)CO)n3)cc2)cc1C(F)(F)F. The first-order valence-corrected chi connectivity index (χ1v) is 8.92. The standard InChI is InChI=1S/C22H15F3N2O4/c23-22(24,25)17-10-16(9-6-14(17)11-26)31-15-7-4-13(5-8-15)18-2-1-3-19(27-18)21(30)20(29)12-28/h1-10,20,28-29H,12H2. The van der Waals surface area contributed by atoms with Gasteiger partial charge in [0, 0.05) is 5.56 Å². The van der Waals surface area contributed by atoms with Crippen molar-refractivity contribution in [3.8, 4) is 28.8 Å². The molecule has 31 heavy (non-hydrogen) atoms. The molecule has 0 aliphatic heterocycles. The van der Waals surface area contributed by atoms with Gasteiger partial charge in [-0.05, 0) is 54.6 Å². The summed E-state index contributed by atoms with van der Waals surface area (Å²) in [5.74, 6) is -0.544. The van der Waals surface area contributed by atoms with Crippen LogP contribution in [0, 0.1) is 11.3 Å². The summed E-state index contributed by atoms with van der Waals surface area (Å²) in [6, 6.07) is 15.4. The van der Waals surface area contributed by atoms with Crippen LogP contribution >= 0.6 is 0 Å². The number of nitrogens with zero attached hydrogens (tertiary/aromatic N) is 2. The third-order valence-corrected chi connectivity index (χ3v) is 4.28. The van der Waals surface area contributed by atoms with Crippen LogP contribution in [-0.4, -0.2) is 33.7 Å². The number of halogens is 3. The molecule has 1 heterocycles. The first-order chi connectivity index (χ1) is 14.7. The number of ketones is 1. The van der Waals surface area contributed by atoms with E-state index in [4.69, 9.17) is 15.1 Å². The number of aliphatic hydroxyl groups is 2. The van der Waals surface area contributed by atoms with Gasteiger partial charge in [0.25, 0.3) is 0 Å². The average molecular weight is 428 g/mol. The number of Topliss-reactive ketones (excluding diaryl/α,β-unsaturated/α-hetero) is 1. The molecule has 0 spiro atoms. The minimum Gasteiger partial charge on any atom is -0.457 e.